The fourth-order valence-electron chi connectivity index (χ4n) is 3.94. The summed E-state index contributed by atoms with van der Waals surface area (Å²) >= 11 is 0. The van der Waals surface area contributed by atoms with E-state index >= 15 is 0 Å². The number of ether oxygens (including phenoxy) is 2. The zero-order valence-corrected chi connectivity index (χ0v) is 18.1. The molecule has 1 heterocycles. The molecule has 0 aromatic heterocycles. The molecule has 1 atom stereocenters. The van der Waals surface area contributed by atoms with E-state index in [4.69, 9.17) is 9.47 Å². The van der Waals surface area contributed by atoms with Crippen LogP contribution in [0.1, 0.15) is 83.1 Å². The number of alkyl halides is 3. The number of rotatable bonds is 13. The Hall–Kier alpha value is -1.92. The lowest BCUT2D eigenvalue weighted by atomic mass is 9.89. The van der Waals surface area contributed by atoms with E-state index in [1.165, 1.54) is 0 Å². The Kier molecular flexibility index (Phi) is 9.79. The number of hydrogen-bond acceptors (Lipinski definition) is 3. The van der Waals surface area contributed by atoms with E-state index in [-0.39, 0.29) is 12.7 Å². The summed E-state index contributed by atoms with van der Waals surface area (Å²) in [5.74, 6) is 0.757. The molecule has 0 N–H and O–H groups in total. The second-order valence-electron chi connectivity index (χ2n) is 7.85. The van der Waals surface area contributed by atoms with Gasteiger partial charge >= 0.3 is 6.18 Å². The van der Waals surface area contributed by atoms with E-state index in [2.05, 4.69) is 0 Å². The summed E-state index contributed by atoms with van der Waals surface area (Å²) in [5.41, 5.74) is 0.659. The van der Waals surface area contributed by atoms with Gasteiger partial charge in [0, 0.05) is 19.5 Å². The van der Waals surface area contributed by atoms with Crippen LogP contribution in [0.4, 0.5) is 13.2 Å². The van der Waals surface area contributed by atoms with Crippen molar-refractivity contribution >= 4 is 5.91 Å². The maximum Gasteiger partial charge on any atom is 0.389 e. The number of halogens is 3. The summed E-state index contributed by atoms with van der Waals surface area (Å²) in [6.45, 7) is 5.58. The van der Waals surface area contributed by atoms with Gasteiger partial charge < -0.3 is 14.4 Å². The van der Waals surface area contributed by atoms with Gasteiger partial charge in [-0.1, -0.05) is 38.2 Å². The van der Waals surface area contributed by atoms with Gasteiger partial charge in [-0.2, -0.15) is 13.2 Å². The first kappa shape index (κ1) is 24.4. The Morgan fingerprint density at radius 3 is 2.30 bits per heavy atom. The fourth-order valence-corrected chi connectivity index (χ4v) is 3.94. The number of benzene rings is 1. The van der Waals surface area contributed by atoms with E-state index in [0.29, 0.717) is 29.9 Å². The summed E-state index contributed by atoms with van der Waals surface area (Å²) in [6.07, 6.45) is 1.59. The molecule has 0 saturated carbocycles. The van der Waals surface area contributed by atoms with Crippen LogP contribution >= 0.6 is 0 Å². The molecule has 170 valence electrons. The molecule has 1 unspecified atom stereocenters. The van der Waals surface area contributed by atoms with E-state index in [9.17, 15) is 18.0 Å². The standard InChI is InChI=1S/C23H34F3NO3/c1-3-27(4-2)22(28)12-10-8-6-5-7-9-11-19(16-23(24,25)26)18-13-14-20-21(15-18)30-17-29-20/h13-15,19H,3-12,16-17H2,1-2H3. The van der Waals surface area contributed by atoms with Gasteiger partial charge in [-0.25, -0.2) is 0 Å². The monoisotopic (exact) mass is 429 g/mol. The first-order valence-electron chi connectivity index (χ1n) is 11.1. The third-order valence-corrected chi connectivity index (χ3v) is 5.66. The molecular weight excluding hydrogens is 395 g/mol. The van der Waals surface area contributed by atoms with Crippen LogP contribution in [0.3, 0.4) is 0 Å². The lowest BCUT2D eigenvalue weighted by molar-refractivity contribution is -0.139. The summed E-state index contributed by atoms with van der Waals surface area (Å²) < 4.78 is 49.8. The first-order valence-corrected chi connectivity index (χ1v) is 11.1. The lowest BCUT2D eigenvalue weighted by Gasteiger charge is -2.19. The Morgan fingerprint density at radius 1 is 1.00 bits per heavy atom. The van der Waals surface area contributed by atoms with E-state index < -0.39 is 18.5 Å². The molecule has 7 heteroatoms. The van der Waals surface area contributed by atoms with Crippen molar-refractivity contribution in [1.29, 1.82) is 0 Å². The van der Waals surface area contributed by atoms with Crippen molar-refractivity contribution in [3.05, 3.63) is 23.8 Å². The molecule has 0 aliphatic carbocycles. The second kappa shape index (κ2) is 12.1. The van der Waals surface area contributed by atoms with Crippen molar-refractivity contribution in [2.45, 2.75) is 83.7 Å². The zero-order chi connectivity index (χ0) is 22.0. The van der Waals surface area contributed by atoms with Crippen molar-refractivity contribution in [1.82, 2.24) is 4.90 Å². The second-order valence-corrected chi connectivity index (χ2v) is 7.85. The minimum absolute atomic E-state index is 0.114. The zero-order valence-electron chi connectivity index (χ0n) is 18.1. The van der Waals surface area contributed by atoms with Crippen molar-refractivity contribution in [2.24, 2.45) is 0 Å². The highest BCUT2D eigenvalue weighted by Gasteiger charge is 2.33. The molecule has 1 aliphatic rings. The van der Waals surface area contributed by atoms with Gasteiger partial charge in [-0.15, -0.1) is 0 Å². The summed E-state index contributed by atoms with van der Waals surface area (Å²) in [7, 11) is 0. The highest BCUT2D eigenvalue weighted by atomic mass is 19.4. The molecule has 1 aromatic rings. The van der Waals surface area contributed by atoms with Crippen molar-refractivity contribution < 1.29 is 27.4 Å². The molecule has 0 fully saturated rings. The van der Waals surface area contributed by atoms with E-state index in [0.717, 1.165) is 51.6 Å². The maximum atomic E-state index is 13.1. The fraction of sp³-hybridized carbons (Fsp3) is 0.696. The molecule has 1 aromatic carbocycles. The Morgan fingerprint density at radius 2 is 1.63 bits per heavy atom. The number of carbonyl (C=O) groups excluding carboxylic acids is 1. The van der Waals surface area contributed by atoms with Gasteiger partial charge in [0.05, 0.1) is 6.42 Å². The molecule has 0 spiro atoms. The van der Waals surface area contributed by atoms with E-state index in [1.54, 1.807) is 18.2 Å². The van der Waals surface area contributed by atoms with Crippen molar-refractivity contribution in [2.75, 3.05) is 19.9 Å². The predicted octanol–water partition coefficient (Wildman–Crippen LogP) is 6.44. The van der Waals surface area contributed by atoms with Gasteiger partial charge in [0.2, 0.25) is 12.7 Å². The number of carbonyl (C=O) groups is 1. The predicted molar refractivity (Wildman–Crippen MR) is 111 cm³/mol. The van der Waals surface area contributed by atoms with Crippen LogP contribution in [-0.4, -0.2) is 36.9 Å². The average molecular weight is 430 g/mol. The third-order valence-electron chi connectivity index (χ3n) is 5.66. The number of fused-ring (bicyclic) bond motifs is 1. The number of nitrogens with zero attached hydrogens (tertiary/aromatic N) is 1. The SMILES string of the molecule is CCN(CC)C(=O)CCCCCCCCC(CC(F)(F)F)c1ccc2c(c1)OCO2. The van der Waals surface area contributed by atoms with Crippen LogP contribution in [0.15, 0.2) is 18.2 Å². The van der Waals surface area contributed by atoms with Gasteiger partial charge in [0.1, 0.15) is 0 Å². The molecule has 1 aliphatic heterocycles. The average Bonchev–Trinajstić information content (AvgIpc) is 3.17. The first-order chi connectivity index (χ1) is 14.3. The van der Waals surface area contributed by atoms with Crippen LogP contribution in [0.25, 0.3) is 0 Å². The van der Waals surface area contributed by atoms with E-state index in [1.807, 2.05) is 18.7 Å². The molecular formula is C23H34F3NO3. The van der Waals surface area contributed by atoms with Crippen LogP contribution in [0.2, 0.25) is 0 Å². The Bertz CT molecular complexity index is 660. The minimum Gasteiger partial charge on any atom is -0.454 e. The summed E-state index contributed by atoms with van der Waals surface area (Å²) in [6, 6.07) is 5.10. The number of hydrogen-bond donors (Lipinski definition) is 0. The molecule has 0 saturated heterocycles. The molecule has 0 radical (unpaired) electrons. The molecule has 1 amide bonds. The summed E-state index contributed by atoms with van der Waals surface area (Å²) in [5, 5.41) is 0. The van der Waals surface area contributed by atoms with Gasteiger partial charge in [-0.05, 0) is 50.3 Å². The minimum atomic E-state index is -4.20. The molecule has 4 nitrogen and oxygen atoms in total. The smallest absolute Gasteiger partial charge is 0.389 e. The molecule has 0 bridgehead atoms. The molecule has 2 rings (SSSR count). The number of unbranched alkanes of at least 4 members (excludes halogenated alkanes) is 5. The van der Waals surface area contributed by atoms with Gasteiger partial charge in [0.15, 0.2) is 11.5 Å². The van der Waals surface area contributed by atoms with Crippen molar-refractivity contribution in [3.8, 4) is 11.5 Å². The topological polar surface area (TPSA) is 38.8 Å². The highest BCUT2D eigenvalue weighted by molar-refractivity contribution is 5.76. The van der Waals surface area contributed by atoms with Gasteiger partial charge in [-0.3, -0.25) is 4.79 Å². The third kappa shape index (κ3) is 8.07. The largest absolute Gasteiger partial charge is 0.454 e. The quantitative estimate of drug-likeness (QED) is 0.339. The normalized spacial score (nSPS) is 14.0. The maximum absolute atomic E-state index is 13.1. The van der Waals surface area contributed by atoms with Crippen LogP contribution in [0.5, 0.6) is 11.5 Å². The summed E-state index contributed by atoms with van der Waals surface area (Å²) in [4.78, 5) is 13.8. The number of amides is 1. The highest BCUT2D eigenvalue weighted by Crippen LogP contribution is 2.40. The van der Waals surface area contributed by atoms with Crippen LogP contribution < -0.4 is 9.47 Å². The van der Waals surface area contributed by atoms with Crippen LogP contribution in [0, 0.1) is 0 Å². The van der Waals surface area contributed by atoms with Crippen molar-refractivity contribution in [3.63, 3.8) is 0 Å². The Balaban J connectivity index is 1.70. The Labute approximate surface area is 177 Å². The van der Waals surface area contributed by atoms with Gasteiger partial charge in [0.25, 0.3) is 0 Å². The molecule has 30 heavy (non-hydrogen) atoms. The lowest BCUT2D eigenvalue weighted by Crippen LogP contribution is -2.30. The van der Waals surface area contributed by atoms with Crippen LogP contribution in [-0.2, 0) is 4.79 Å².